The normalized spacial score (nSPS) is 9.08. The Morgan fingerprint density at radius 2 is 2.42 bits per heavy atom. The maximum Gasteiger partial charge on any atom is 0.337 e. The molecule has 1 heterocycles. The van der Waals surface area contributed by atoms with Crippen molar-refractivity contribution in [2.24, 2.45) is 0 Å². The van der Waals surface area contributed by atoms with Crippen molar-refractivity contribution in [2.75, 3.05) is 7.11 Å². The molecule has 1 aromatic rings. The molecule has 62 valence electrons. The van der Waals surface area contributed by atoms with Crippen molar-refractivity contribution >= 4 is 22.3 Å². The summed E-state index contributed by atoms with van der Waals surface area (Å²) in [5.41, 5.74) is 1.20. The van der Waals surface area contributed by atoms with Crippen LogP contribution in [-0.2, 0) is 4.74 Å². The summed E-state index contributed by atoms with van der Waals surface area (Å²) in [5.74, 6) is -0.376. The standard InChI is InChI=1S/C8H7NO2S/c1-5-6(8(10)11-3)4-12-7(5)9-2/h4H,1,3H3. The number of carbonyl (C=O) groups excluding carboxylic acids is 1. The first-order valence-corrected chi connectivity index (χ1v) is 4.12. The summed E-state index contributed by atoms with van der Waals surface area (Å²) in [6, 6.07) is 0. The minimum Gasteiger partial charge on any atom is -0.465 e. The summed E-state index contributed by atoms with van der Waals surface area (Å²) >= 11 is 1.26. The Kier molecular flexibility index (Phi) is 2.46. The highest BCUT2D eigenvalue weighted by Crippen LogP contribution is 2.30. The fourth-order valence-electron chi connectivity index (χ4n) is 0.828. The summed E-state index contributed by atoms with van der Waals surface area (Å²) < 4.78 is 4.54. The average molecular weight is 181 g/mol. The first-order chi connectivity index (χ1) is 5.70. The maximum atomic E-state index is 11.0. The van der Waals surface area contributed by atoms with Crippen LogP contribution in [0.1, 0.15) is 15.9 Å². The molecule has 0 aliphatic carbocycles. The quantitative estimate of drug-likeness (QED) is 0.492. The highest BCUT2D eigenvalue weighted by Gasteiger charge is 2.13. The van der Waals surface area contributed by atoms with E-state index in [9.17, 15) is 4.79 Å². The predicted molar refractivity (Wildman–Crippen MR) is 46.7 cm³/mol. The molecule has 0 unspecified atom stereocenters. The van der Waals surface area contributed by atoms with Crippen LogP contribution in [0.25, 0.3) is 4.85 Å². The van der Waals surface area contributed by atoms with Crippen LogP contribution in [0.3, 0.4) is 0 Å². The molecule has 0 amide bonds. The molecule has 0 saturated heterocycles. The molecule has 0 N–H and O–H groups in total. The zero-order chi connectivity index (χ0) is 9.14. The lowest BCUT2D eigenvalue weighted by molar-refractivity contribution is 0.0600. The Labute approximate surface area is 74.4 Å². The van der Waals surface area contributed by atoms with E-state index < -0.39 is 0 Å². The number of hydrogen-bond acceptors (Lipinski definition) is 3. The van der Waals surface area contributed by atoms with Crippen molar-refractivity contribution in [3.8, 4) is 0 Å². The summed E-state index contributed by atoms with van der Waals surface area (Å²) in [6.07, 6.45) is 0. The minimum absolute atomic E-state index is 0.376. The van der Waals surface area contributed by atoms with Crippen LogP contribution < -0.4 is 0 Å². The van der Waals surface area contributed by atoms with Crippen LogP contribution in [-0.4, -0.2) is 13.1 Å². The Hall–Kier alpha value is -1.34. The molecule has 4 heteroatoms. The molecule has 0 saturated carbocycles. The van der Waals surface area contributed by atoms with Crippen molar-refractivity contribution in [3.05, 3.63) is 27.9 Å². The highest BCUT2D eigenvalue weighted by atomic mass is 32.1. The van der Waals surface area contributed by atoms with Gasteiger partial charge >= 0.3 is 5.97 Å². The van der Waals surface area contributed by atoms with Crippen LogP contribution in [0.4, 0.5) is 5.00 Å². The molecule has 0 bridgehead atoms. The number of methoxy groups -OCH3 is 1. The van der Waals surface area contributed by atoms with E-state index in [1.54, 1.807) is 12.3 Å². The van der Waals surface area contributed by atoms with E-state index in [-0.39, 0.29) is 5.97 Å². The number of rotatable bonds is 1. The zero-order valence-electron chi connectivity index (χ0n) is 6.75. The van der Waals surface area contributed by atoms with Crippen molar-refractivity contribution in [1.29, 1.82) is 0 Å². The first-order valence-electron chi connectivity index (χ1n) is 3.24. The zero-order valence-corrected chi connectivity index (χ0v) is 7.57. The second-order valence-corrected chi connectivity index (χ2v) is 3.04. The highest BCUT2D eigenvalue weighted by molar-refractivity contribution is 7.14. The Morgan fingerprint density at radius 3 is 2.83 bits per heavy atom. The average Bonchev–Trinajstić information content (AvgIpc) is 2.45. The Bertz CT molecular complexity index is 348. The van der Waals surface area contributed by atoms with Gasteiger partial charge in [0.1, 0.15) is 0 Å². The monoisotopic (exact) mass is 181 g/mol. The maximum absolute atomic E-state index is 11.0. The van der Waals surface area contributed by atoms with Gasteiger partial charge in [0, 0.05) is 0 Å². The number of hydrogen-bond donors (Lipinski definition) is 0. The third kappa shape index (κ3) is 1.31. The molecule has 12 heavy (non-hydrogen) atoms. The lowest BCUT2D eigenvalue weighted by atomic mass is 10.2. The molecule has 0 atom stereocenters. The van der Waals surface area contributed by atoms with Crippen LogP contribution in [0, 0.1) is 13.5 Å². The SMILES string of the molecule is [C-]#[N+]c1scc(C(=O)OC)c1C. The van der Waals surface area contributed by atoms with Gasteiger partial charge in [-0.3, -0.25) is 0 Å². The second kappa shape index (κ2) is 3.37. The van der Waals surface area contributed by atoms with E-state index in [0.29, 0.717) is 16.1 Å². The van der Waals surface area contributed by atoms with E-state index in [2.05, 4.69) is 9.58 Å². The second-order valence-electron chi connectivity index (χ2n) is 2.18. The molecule has 0 aliphatic rings. The van der Waals surface area contributed by atoms with E-state index in [1.807, 2.05) is 0 Å². The van der Waals surface area contributed by atoms with Gasteiger partial charge in [0.05, 0.1) is 19.2 Å². The van der Waals surface area contributed by atoms with Gasteiger partial charge in [0.15, 0.2) is 0 Å². The van der Waals surface area contributed by atoms with Gasteiger partial charge in [0.2, 0.25) is 5.00 Å². The molecule has 1 aromatic heterocycles. The molecule has 0 radical (unpaired) electrons. The van der Waals surface area contributed by atoms with Gasteiger partial charge < -0.3 is 4.74 Å². The number of ether oxygens (including phenoxy) is 1. The number of carbonyl (C=O) groups is 1. The lowest BCUT2D eigenvalue weighted by Crippen LogP contribution is -2.00. The topological polar surface area (TPSA) is 30.7 Å². The van der Waals surface area contributed by atoms with Gasteiger partial charge in [-0.2, -0.15) is 11.3 Å². The van der Waals surface area contributed by atoms with Crippen LogP contribution in [0.5, 0.6) is 0 Å². The lowest BCUT2D eigenvalue weighted by Gasteiger charge is -1.95. The fourth-order valence-corrected chi connectivity index (χ4v) is 1.67. The molecule has 0 aliphatic heterocycles. The molecule has 0 fully saturated rings. The van der Waals surface area contributed by atoms with Gasteiger partial charge in [0.25, 0.3) is 0 Å². The third-order valence-electron chi connectivity index (χ3n) is 1.52. The van der Waals surface area contributed by atoms with Crippen molar-refractivity contribution < 1.29 is 9.53 Å². The van der Waals surface area contributed by atoms with E-state index in [1.165, 1.54) is 18.4 Å². The number of esters is 1. The largest absolute Gasteiger partial charge is 0.465 e. The van der Waals surface area contributed by atoms with E-state index >= 15 is 0 Å². The smallest absolute Gasteiger partial charge is 0.337 e. The Balaban J connectivity index is 3.12. The number of thiophene rings is 1. The first kappa shape index (κ1) is 8.75. The molecular formula is C8H7NO2S. The predicted octanol–water partition coefficient (Wildman–Crippen LogP) is 2.39. The third-order valence-corrected chi connectivity index (χ3v) is 2.49. The van der Waals surface area contributed by atoms with E-state index in [4.69, 9.17) is 6.57 Å². The molecular weight excluding hydrogens is 174 g/mol. The van der Waals surface area contributed by atoms with Gasteiger partial charge in [-0.25, -0.2) is 9.64 Å². The van der Waals surface area contributed by atoms with Crippen molar-refractivity contribution in [3.63, 3.8) is 0 Å². The van der Waals surface area contributed by atoms with Crippen molar-refractivity contribution in [1.82, 2.24) is 0 Å². The Morgan fingerprint density at radius 1 is 1.75 bits per heavy atom. The van der Waals surface area contributed by atoms with Gasteiger partial charge in [-0.05, 0) is 17.9 Å². The van der Waals surface area contributed by atoms with Crippen LogP contribution in [0.2, 0.25) is 0 Å². The molecule has 0 spiro atoms. The van der Waals surface area contributed by atoms with Crippen molar-refractivity contribution in [2.45, 2.75) is 6.92 Å². The summed E-state index contributed by atoms with van der Waals surface area (Å²) in [6.45, 7) is 8.53. The van der Waals surface area contributed by atoms with Gasteiger partial charge in [-0.1, -0.05) is 0 Å². The summed E-state index contributed by atoms with van der Waals surface area (Å²) in [4.78, 5) is 14.3. The molecule has 0 aromatic carbocycles. The minimum atomic E-state index is -0.376. The van der Waals surface area contributed by atoms with Gasteiger partial charge in [-0.15, -0.1) is 0 Å². The van der Waals surface area contributed by atoms with E-state index in [0.717, 1.165) is 0 Å². The van der Waals surface area contributed by atoms with Crippen LogP contribution in [0.15, 0.2) is 5.38 Å². The summed E-state index contributed by atoms with van der Waals surface area (Å²) in [7, 11) is 1.33. The fraction of sp³-hybridized carbons (Fsp3) is 0.250. The van der Waals surface area contributed by atoms with Crippen LogP contribution >= 0.6 is 11.3 Å². The summed E-state index contributed by atoms with van der Waals surface area (Å²) in [5, 5.41) is 2.20. The molecule has 3 nitrogen and oxygen atoms in total. The molecule has 1 rings (SSSR count). The number of nitrogens with zero attached hydrogens (tertiary/aromatic N) is 1.